The first-order chi connectivity index (χ1) is 17.8. The second-order valence-electron chi connectivity index (χ2n) is 8.97. The SMILES string of the molecule is CCOc1ccc(N(CC(=O)NC(C)c2ccc(N3CCCC3)cc2)S(=O)(=O)c2ccc(F)cc2)cc1. The zero-order valence-corrected chi connectivity index (χ0v) is 21.9. The van der Waals surface area contributed by atoms with Crippen molar-refractivity contribution in [1.29, 1.82) is 0 Å². The van der Waals surface area contributed by atoms with Gasteiger partial charge in [-0.05, 0) is 92.9 Å². The first-order valence-electron chi connectivity index (χ1n) is 12.4. The van der Waals surface area contributed by atoms with Gasteiger partial charge in [-0.1, -0.05) is 12.1 Å². The fourth-order valence-electron chi connectivity index (χ4n) is 4.37. The van der Waals surface area contributed by atoms with Crippen LogP contribution in [0, 0.1) is 5.82 Å². The van der Waals surface area contributed by atoms with Crippen molar-refractivity contribution in [2.24, 2.45) is 0 Å². The Morgan fingerprint density at radius 2 is 1.62 bits per heavy atom. The number of ether oxygens (including phenoxy) is 1. The highest BCUT2D eigenvalue weighted by atomic mass is 32.2. The number of carbonyl (C=O) groups is 1. The zero-order valence-electron chi connectivity index (χ0n) is 21.1. The molecule has 196 valence electrons. The molecule has 0 saturated carbocycles. The molecule has 0 aliphatic carbocycles. The minimum atomic E-state index is -4.15. The average molecular weight is 526 g/mol. The molecule has 4 rings (SSSR count). The lowest BCUT2D eigenvalue weighted by atomic mass is 10.1. The number of rotatable bonds is 10. The van der Waals surface area contributed by atoms with Gasteiger partial charge in [0.15, 0.2) is 0 Å². The largest absolute Gasteiger partial charge is 0.494 e. The lowest BCUT2D eigenvalue weighted by molar-refractivity contribution is -0.120. The van der Waals surface area contributed by atoms with Crippen LogP contribution in [0.1, 0.15) is 38.3 Å². The molecule has 9 heteroatoms. The number of anilines is 2. The zero-order chi connectivity index (χ0) is 26.4. The summed E-state index contributed by atoms with van der Waals surface area (Å²) in [5.41, 5.74) is 2.38. The van der Waals surface area contributed by atoms with E-state index in [1.807, 2.05) is 26.0 Å². The highest BCUT2D eigenvalue weighted by Crippen LogP contribution is 2.27. The van der Waals surface area contributed by atoms with Crippen LogP contribution in [0.2, 0.25) is 0 Å². The maximum Gasteiger partial charge on any atom is 0.264 e. The average Bonchev–Trinajstić information content (AvgIpc) is 3.43. The first-order valence-corrected chi connectivity index (χ1v) is 13.9. The van der Waals surface area contributed by atoms with Crippen LogP contribution in [0.4, 0.5) is 15.8 Å². The third kappa shape index (κ3) is 6.40. The summed E-state index contributed by atoms with van der Waals surface area (Å²) in [5.74, 6) is -0.426. The van der Waals surface area contributed by atoms with Gasteiger partial charge in [-0.15, -0.1) is 0 Å². The van der Waals surface area contributed by atoms with Crippen molar-refractivity contribution < 1.29 is 22.3 Å². The molecule has 1 heterocycles. The van der Waals surface area contributed by atoms with Gasteiger partial charge in [0.25, 0.3) is 10.0 Å². The summed E-state index contributed by atoms with van der Waals surface area (Å²) in [6.45, 7) is 5.84. The van der Waals surface area contributed by atoms with E-state index in [2.05, 4.69) is 22.3 Å². The Hall–Kier alpha value is -3.59. The summed E-state index contributed by atoms with van der Waals surface area (Å²) in [6.07, 6.45) is 2.39. The van der Waals surface area contributed by atoms with Crippen LogP contribution < -0.4 is 19.3 Å². The van der Waals surface area contributed by atoms with Crippen molar-refractivity contribution in [2.75, 3.05) is 35.4 Å². The van der Waals surface area contributed by atoms with Gasteiger partial charge in [-0.3, -0.25) is 9.10 Å². The van der Waals surface area contributed by atoms with Gasteiger partial charge in [0.1, 0.15) is 18.1 Å². The Balaban J connectivity index is 1.52. The summed E-state index contributed by atoms with van der Waals surface area (Å²) in [4.78, 5) is 15.3. The molecule has 0 aromatic heterocycles. The van der Waals surface area contributed by atoms with Gasteiger partial charge < -0.3 is 15.0 Å². The van der Waals surface area contributed by atoms with Gasteiger partial charge in [0.2, 0.25) is 5.91 Å². The van der Waals surface area contributed by atoms with Gasteiger partial charge in [0, 0.05) is 18.8 Å². The van der Waals surface area contributed by atoms with Crippen molar-refractivity contribution in [3.63, 3.8) is 0 Å². The number of amides is 1. The van der Waals surface area contributed by atoms with Gasteiger partial charge >= 0.3 is 0 Å². The number of halogens is 1. The van der Waals surface area contributed by atoms with Crippen LogP contribution in [0.5, 0.6) is 5.75 Å². The second-order valence-corrected chi connectivity index (χ2v) is 10.8. The molecule has 0 bridgehead atoms. The summed E-state index contributed by atoms with van der Waals surface area (Å²) in [7, 11) is -4.15. The minimum absolute atomic E-state index is 0.110. The molecule has 3 aromatic rings. The molecule has 1 fully saturated rings. The predicted octanol–water partition coefficient (Wildman–Crippen LogP) is 4.90. The molecule has 7 nitrogen and oxygen atoms in total. The molecular formula is C28H32FN3O4S. The number of hydrogen-bond donors (Lipinski definition) is 1. The van der Waals surface area contributed by atoms with Crippen LogP contribution in [-0.2, 0) is 14.8 Å². The van der Waals surface area contributed by atoms with E-state index in [0.29, 0.717) is 18.0 Å². The Labute approximate surface area is 217 Å². The number of carbonyl (C=O) groups excluding carboxylic acids is 1. The topological polar surface area (TPSA) is 79.0 Å². The normalized spacial score (nSPS) is 14.3. The summed E-state index contributed by atoms with van der Waals surface area (Å²) >= 11 is 0. The molecule has 1 saturated heterocycles. The minimum Gasteiger partial charge on any atom is -0.494 e. The highest BCUT2D eigenvalue weighted by molar-refractivity contribution is 7.92. The molecule has 1 amide bonds. The molecule has 37 heavy (non-hydrogen) atoms. The molecule has 1 aliphatic heterocycles. The Kier molecular flexibility index (Phi) is 8.33. The Bertz CT molecular complexity index is 1290. The van der Waals surface area contributed by atoms with E-state index >= 15 is 0 Å². The molecule has 3 aromatic carbocycles. The lowest BCUT2D eigenvalue weighted by Gasteiger charge is -2.25. The predicted molar refractivity (Wildman–Crippen MR) is 143 cm³/mol. The smallest absolute Gasteiger partial charge is 0.264 e. The fourth-order valence-corrected chi connectivity index (χ4v) is 5.80. The number of nitrogens with zero attached hydrogens (tertiary/aromatic N) is 2. The maximum absolute atomic E-state index is 13.5. The molecule has 1 atom stereocenters. The number of sulfonamides is 1. The monoisotopic (exact) mass is 525 g/mol. The van der Waals surface area contributed by atoms with Crippen LogP contribution in [0.3, 0.4) is 0 Å². The van der Waals surface area contributed by atoms with E-state index in [1.54, 1.807) is 24.3 Å². The van der Waals surface area contributed by atoms with E-state index in [9.17, 15) is 17.6 Å². The maximum atomic E-state index is 13.5. The van der Waals surface area contributed by atoms with Crippen molar-refractivity contribution in [3.05, 3.63) is 84.2 Å². The highest BCUT2D eigenvalue weighted by Gasteiger charge is 2.28. The van der Waals surface area contributed by atoms with E-state index in [-0.39, 0.29) is 10.9 Å². The second kappa shape index (κ2) is 11.6. The van der Waals surface area contributed by atoms with Crippen molar-refractivity contribution >= 4 is 27.3 Å². The molecular weight excluding hydrogens is 493 g/mol. The van der Waals surface area contributed by atoms with Crippen LogP contribution >= 0.6 is 0 Å². The van der Waals surface area contributed by atoms with Crippen molar-refractivity contribution in [1.82, 2.24) is 5.32 Å². The third-order valence-electron chi connectivity index (χ3n) is 6.37. The Morgan fingerprint density at radius 1 is 1.00 bits per heavy atom. The third-order valence-corrected chi connectivity index (χ3v) is 8.15. The van der Waals surface area contributed by atoms with Crippen LogP contribution in [0.15, 0.2) is 77.7 Å². The van der Waals surface area contributed by atoms with E-state index < -0.39 is 28.3 Å². The lowest BCUT2D eigenvalue weighted by Crippen LogP contribution is -2.41. The molecule has 0 radical (unpaired) electrons. The van der Waals surface area contributed by atoms with Crippen LogP contribution in [-0.4, -0.2) is 40.6 Å². The standard InChI is InChI=1S/C28H32FN3O4S/c1-3-36-26-14-12-25(13-15-26)32(37(34,35)27-16-8-23(29)9-17-27)20-28(33)30-21(2)22-6-10-24(11-7-22)31-18-4-5-19-31/h6-17,21H,3-5,18-20H2,1-2H3,(H,30,33). The number of hydrogen-bond acceptors (Lipinski definition) is 5. The van der Waals surface area contributed by atoms with Crippen molar-refractivity contribution in [3.8, 4) is 5.75 Å². The first kappa shape index (κ1) is 26.5. The van der Waals surface area contributed by atoms with Gasteiger partial charge in [0.05, 0.1) is 23.2 Å². The van der Waals surface area contributed by atoms with Crippen molar-refractivity contribution in [2.45, 2.75) is 37.6 Å². The fraction of sp³-hybridized carbons (Fsp3) is 0.321. The van der Waals surface area contributed by atoms with Crippen LogP contribution in [0.25, 0.3) is 0 Å². The summed E-state index contributed by atoms with van der Waals surface area (Å²) < 4.78 is 46.9. The number of nitrogens with one attached hydrogen (secondary N) is 1. The molecule has 1 aliphatic rings. The van der Waals surface area contributed by atoms with E-state index in [1.165, 1.54) is 25.0 Å². The van der Waals surface area contributed by atoms with Gasteiger partial charge in [-0.25, -0.2) is 12.8 Å². The molecule has 1 N–H and O–H groups in total. The van der Waals surface area contributed by atoms with Gasteiger partial charge in [-0.2, -0.15) is 0 Å². The quantitative estimate of drug-likeness (QED) is 0.408. The summed E-state index contributed by atoms with van der Waals surface area (Å²) in [5, 5.41) is 2.91. The molecule has 0 spiro atoms. The van der Waals surface area contributed by atoms with E-state index in [0.717, 1.165) is 40.8 Å². The number of benzene rings is 3. The summed E-state index contributed by atoms with van der Waals surface area (Å²) in [6, 6.07) is 18.7. The molecule has 1 unspecified atom stereocenters. The van der Waals surface area contributed by atoms with E-state index in [4.69, 9.17) is 4.74 Å². The Morgan fingerprint density at radius 3 is 2.22 bits per heavy atom.